The molecule has 1 aliphatic heterocycles. The maximum atomic E-state index is 13.2. The van der Waals surface area contributed by atoms with E-state index in [2.05, 4.69) is 31.1 Å². The van der Waals surface area contributed by atoms with Crippen LogP contribution in [0.4, 0.5) is 10.2 Å². The third kappa shape index (κ3) is 4.43. The number of aromatic nitrogens is 4. The van der Waals surface area contributed by atoms with Crippen molar-refractivity contribution in [3.05, 3.63) is 60.4 Å². The van der Waals surface area contributed by atoms with Gasteiger partial charge >= 0.3 is 0 Å². The van der Waals surface area contributed by atoms with Crippen molar-refractivity contribution in [1.82, 2.24) is 24.6 Å². The standard InChI is InChI=1S/C19H21FN6.ClH/c1-24-13-15(12-23-24)14-25-8-10-26(11-9-25)19-18(21-6-7-22-19)16-2-4-17(20)5-3-16;/h2-7,12-13H,8-11,14H2,1H3;1H. The third-order valence-corrected chi connectivity index (χ3v) is 4.63. The fourth-order valence-electron chi connectivity index (χ4n) is 3.30. The Labute approximate surface area is 164 Å². The summed E-state index contributed by atoms with van der Waals surface area (Å²) in [5, 5.41) is 4.23. The van der Waals surface area contributed by atoms with Gasteiger partial charge in [0, 0.05) is 69.5 Å². The van der Waals surface area contributed by atoms with Gasteiger partial charge in [-0.2, -0.15) is 5.10 Å². The number of rotatable bonds is 4. The molecule has 3 heterocycles. The van der Waals surface area contributed by atoms with Crippen molar-refractivity contribution in [3.8, 4) is 11.3 Å². The molecule has 6 nitrogen and oxygen atoms in total. The molecule has 2 aromatic heterocycles. The molecule has 8 heteroatoms. The zero-order valence-electron chi connectivity index (χ0n) is 15.1. The summed E-state index contributed by atoms with van der Waals surface area (Å²) < 4.78 is 15.1. The van der Waals surface area contributed by atoms with Crippen molar-refractivity contribution in [2.45, 2.75) is 6.54 Å². The number of piperazine rings is 1. The first-order valence-corrected chi connectivity index (χ1v) is 8.71. The Morgan fingerprint density at radius 3 is 2.37 bits per heavy atom. The molecule has 0 radical (unpaired) electrons. The number of hydrogen-bond donors (Lipinski definition) is 0. The van der Waals surface area contributed by atoms with Crippen LogP contribution in [0.15, 0.2) is 49.1 Å². The molecular weight excluding hydrogens is 367 g/mol. The lowest BCUT2D eigenvalue weighted by atomic mass is 10.1. The topological polar surface area (TPSA) is 50.1 Å². The minimum absolute atomic E-state index is 0. The Morgan fingerprint density at radius 2 is 1.70 bits per heavy atom. The van der Waals surface area contributed by atoms with E-state index < -0.39 is 0 Å². The fraction of sp³-hybridized carbons (Fsp3) is 0.316. The zero-order chi connectivity index (χ0) is 17.9. The SMILES string of the molecule is Cl.Cn1cc(CN2CCN(c3nccnc3-c3ccc(F)cc3)CC2)cn1. The number of aryl methyl sites for hydroxylation is 1. The van der Waals surface area contributed by atoms with Crippen molar-refractivity contribution in [2.75, 3.05) is 31.1 Å². The van der Waals surface area contributed by atoms with Crippen molar-refractivity contribution in [3.63, 3.8) is 0 Å². The highest BCUT2D eigenvalue weighted by Crippen LogP contribution is 2.27. The van der Waals surface area contributed by atoms with Crippen LogP contribution < -0.4 is 4.90 Å². The smallest absolute Gasteiger partial charge is 0.155 e. The number of benzene rings is 1. The van der Waals surface area contributed by atoms with Gasteiger partial charge in [-0.3, -0.25) is 14.6 Å². The van der Waals surface area contributed by atoms with Crippen LogP contribution in [0.25, 0.3) is 11.3 Å². The maximum absolute atomic E-state index is 13.2. The van der Waals surface area contributed by atoms with Gasteiger partial charge < -0.3 is 4.90 Å². The molecule has 0 spiro atoms. The minimum Gasteiger partial charge on any atom is -0.352 e. The molecule has 0 unspecified atom stereocenters. The van der Waals surface area contributed by atoms with Crippen LogP contribution in [0.1, 0.15) is 5.56 Å². The Bertz CT molecular complexity index is 874. The molecule has 0 aliphatic carbocycles. The van der Waals surface area contributed by atoms with Crippen LogP contribution in [0.3, 0.4) is 0 Å². The van der Waals surface area contributed by atoms with Gasteiger partial charge in [0.1, 0.15) is 11.5 Å². The second kappa shape index (κ2) is 8.45. The minimum atomic E-state index is -0.247. The molecule has 0 bridgehead atoms. The van der Waals surface area contributed by atoms with E-state index in [1.54, 1.807) is 24.5 Å². The zero-order valence-corrected chi connectivity index (χ0v) is 15.9. The second-order valence-electron chi connectivity index (χ2n) is 6.52. The molecule has 0 amide bonds. The van der Waals surface area contributed by atoms with E-state index in [9.17, 15) is 4.39 Å². The highest BCUT2D eigenvalue weighted by atomic mass is 35.5. The molecule has 1 aliphatic rings. The fourth-order valence-corrected chi connectivity index (χ4v) is 3.30. The third-order valence-electron chi connectivity index (χ3n) is 4.63. The molecule has 1 saturated heterocycles. The van der Waals surface area contributed by atoms with E-state index in [1.165, 1.54) is 17.7 Å². The lowest BCUT2D eigenvalue weighted by Gasteiger charge is -2.35. The van der Waals surface area contributed by atoms with Gasteiger partial charge in [-0.05, 0) is 24.3 Å². The van der Waals surface area contributed by atoms with Crippen LogP contribution in [0.5, 0.6) is 0 Å². The highest BCUT2D eigenvalue weighted by Gasteiger charge is 2.21. The van der Waals surface area contributed by atoms with Crippen molar-refractivity contribution < 1.29 is 4.39 Å². The Kier molecular flexibility index (Phi) is 6.03. The summed E-state index contributed by atoms with van der Waals surface area (Å²) in [5.41, 5.74) is 2.91. The molecule has 0 N–H and O–H groups in total. The number of nitrogens with zero attached hydrogens (tertiary/aromatic N) is 6. The van der Waals surface area contributed by atoms with E-state index >= 15 is 0 Å². The summed E-state index contributed by atoms with van der Waals surface area (Å²) in [6.45, 7) is 4.58. The van der Waals surface area contributed by atoms with Crippen LogP contribution in [-0.4, -0.2) is 50.8 Å². The van der Waals surface area contributed by atoms with Crippen LogP contribution in [0, 0.1) is 5.82 Å². The summed E-state index contributed by atoms with van der Waals surface area (Å²) in [7, 11) is 1.94. The molecule has 27 heavy (non-hydrogen) atoms. The van der Waals surface area contributed by atoms with Gasteiger partial charge in [0.2, 0.25) is 0 Å². The van der Waals surface area contributed by atoms with Crippen LogP contribution >= 0.6 is 12.4 Å². The molecule has 1 aromatic carbocycles. The molecular formula is C19H22ClFN6. The summed E-state index contributed by atoms with van der Waals surface area (Å²) in [6, 6.07) is 6.42. The first-order valence-electron chi connectivity index (χ1n) is 8.71. The Balaban J connectivity index is 0.00000210. The Morgan fingerprint density at radius 1 is 1.00 bits per heavy atom. The van der Waals surface area contributed by atoms with Gasteiger partial charge in [-0.15, -0.1) is 12.4 Å². The molecule has 0 atom stereocenters. The first-order chi connectivity index (χ1) is 12.7. The summed E-state index contributed by atoms with van der Waals surface area (Å²) in [4.78, 5) is 13.7. The monoisotopic (exact) mass is 388 g/mol. The predicted molar refractivity (Wildman–Crippen MR) is 105 cm³/mol. The molecule has 4 rings (SSSR count). The van der Waals surface area contributed by atoms with E-state index in [-0.39, 0.29) is 18.2 Å². The van der Waals surface area contributed by atoms with Gasteiger partial charge in [-0.1, -0.05) is 0 Å². The van der Waals surface area contributed by atoms with Gasteiger partial charge in [0.25, 0.3) is 0 Å². The van der Waals surface area contributed by atoms with E-state index in [4.69, 9.17) is 0 Å². The molecule has 3 aromatic rings. The average molecular weight is 389 g/mol. The molecule has 0 saturated carbocycles. The lowest BCUT2D eigenvalue weighted by Crippen LogP contribution is -2.46. The first kappa shape index (κ1) is 19.3. The summed E-state index contributed by atoms with van der Waals surface area (Å²) >= 11 is 0. The van der Waals surface area contributed by atoms with E-state index in [0.29, 0.717) is 0 Å². The van der Waals surface area contributed by atoms with Gasteiger partial charge in [0.05, 0.1) is 6.20 Å². The second-order valence-corrected chi connectivity index (χ2v) is 6.52. The normalized spacial score (nSPS) is 14.8. The lowest BCUT2D eigenvalue weighted by molar-refractivity contribution is 0.249. The average Bonchev–Trinajstić information content (AvgIpc) is 3.08. The number of halogens is 2. The number of anilines is 1. The summed E-state index contributed by atoms with van der Waals surface area (Å²) in [6.07, 6.45) is 7.37. The van der Waals surface area contributed by atoms with Crippen molar-refractivity contribution >= 4 is 18.2 Å². The van der Waals surface area contributed by atoms with Crippen LogP contribution in [-0.2, 0) is 13.6 Å². The van der Waals surface area contributed by atoms with Gasteiger partial charge in [0.15, 0.2) is 5.82 Å². The number of hydrogen-bond acceptors (Lipinski definition) is 5. The maximum Gasteiger partial charge on any atom is 0.155 e. The van der Waals surface area contributed by atoms with E-state index in [1.807, 2.05) is 17.9 Å². The highest BCUT2D eigenvalue weighted by molar-refractivity contribution is 5.85. The largest absolute Gasteiger partial charge is 0.352 e. The molecule has 142 valence electrons. The van der Waals surface area contributed by atoms with Crippen LogP contribution in [0.2, 0.25) is 0 Å². The summed E-state index contributed by atoms with van der Waals surface area (Å²) in [5.74, 6) is 0.614. The predicted octanol–water partition coefficient (Wildman–Crippen LogP) is 2.76. The Hall–Kier alpha value is -2.51. The van der Waals surface area contributed by atoms with E-state index in [0.717, 1.165) is 49.8 Å². The quantitative estimate of drug-likeness (QED) is 0.687. The van der Waals surface area contributed by atoms with Crippen molar-refractivity contribution in [2.24, 2.45) is 7.05 Å². The van der Waals surface area contributed by atoms with Gasteiger partial charge in [-0.25, -0.2) is 9.37 Å². The molecule has 1 fully saturated rings. The van der Waals surface area contributed by atoms with Crippen molar-refractivity contribution in [1.29, 1.82) is 0 Å².